The predicted octanol–water partition coefficient (Wildman–Crippen LogP) is 2.96. The zero-order chi connectivity index (χ0) is 8.53. The molecular weight excluding hydrogens is 136 g/mol. The van der Waals surface area contributed by atoms with Crippen LogP contribution in [0, 0.1) is 5.92 Å². The highest BCUT2D eigenvalue weighted by atomic mass is 16.1. The van der Waals surface area contributed by atoms with Gasteiger partial charge >= 0.3 is 0 Å². The molecule has 1 atom stereocenters. The van der Waals surface area contributed by atoms with E-state index < -0.39 is 0 Å². The first-order valence-corrected chi connectivity index (χ1v) is 4.36. The van der Waals surface area contributed by atoms with E-state index in [9.17, 15) is 4.79 Å². The molecular formula is C10H18O. The van der Waals surface area contributed by atoms with Crippen molar-refractivity contribution in [3.8, 4) is 0 Å². The molecule has 0 aromatic rings. The Kier molecular flexibility index (Phi) is 7.11. The normalized spacial score (nSPS) is 13.6. The molecule has 1 nitrogen and oxygen atoms in total. The van der Waals surface area contributed by atoms with Gasteiger partial charge in [0.2, 0.25) is 0 Å². The molecule has 0 saturated heterocycles. The van der Waals surface area contributed by atoms with Gasteiger partial charge in [0.1, 0.15) is 6.29 Å². The van der Waals surface area contributed by atoms with Crippen LogP contribution in [0.1, 0.15) is 39.5 Å². The number of hydrogen-bond donors (Lipinski definition) is 0. The van der Waals surface area contributed by atoms with Gasteiger partial charge in [-0.15, -0.1) is 0 Å². The molecule has 0 fully saturated rings. The summed E-state index contributed by atoms with van der Waals surface area (Å²) in [4.78, 5) is 10.0. The first-order valence-electron chi connectivity index (χ1n) is 4.36. The van der Waals surface area contributed by atoms with E-state index in [1.165, 1.54) is 6.42 Å². The van der Waals surface area contributed by atoms with E-state index >= 15 is 0 Å². The summed E-state index contributed by atoms with van der Waals surface area (Å²) in [6.07, 6.45) is 9.38. The fraction of sp³-hybridized carbons (Fsp3) is 0.700. The van der Waals surface area contributed by atoms with E-state index in [1.807, 2.05) is 6.92 Å². The van der Waals surface area contributed by atoms with Crippen molar-refractivity contribution in [1.82, 2.24) is 0 Å². The molecule has 1 heteroatoms. The van der Waals surface area contributed by atoms with Gasteiger partial charge in [0.25, 0.3) is 0 Å². The molecule has 0 aromatic heterocycles. The Morgan fingerprint density at radius 1 is 1.27 bits per heavy atom. The highest BCUT2D eigenvalue weighted by molar-refractivity contribution is 5.49. The Balaban J connectivity index is 3.21. The summed E-state index contributed by atoms with van der Waals surface area (Å²) in [5.74, 6) is 0.691. The Labute approximate surface area is 69.5 Å². The summed E-state index contributed by atoms with van der Waals surface area (Å²) < 4.78 is 0. The lowest BCUT2D eigenvalue weighted by molar-refractivity contribution is -0.108. The van der Waals surface area contributed by atoms with Crippen LogP contribution in [0.4, 0.5) is 0 Å². The Bertz CT molecular complexity index is 116. The van der Waals surface area contributed by atoms with Gasteiger partial charge in [-0.1, -0.05) is 19.1 Å². The summed E-state index contributed by atoms with van der Waals surface area (Å²) in [7, 11) is 0. The van der Waals surface area contributed by atoms with Crippen LogP contribution in [-0.2, 0) is 4.79 Å². The highest BCUT2D eigenvalue weighted by Crippen LogP contribution is 2.11. The van der Waals surface area contributed by atoms with Gasteiger partial charge in [0, 0.05) is 6.42 Å². The molecule has 0 aliphatic carbocycles. The maximum atomic E-state index is 10.0. The Morgan fingerprint density at radius 2 is 1.91 bits per heavy atom. The number of carbonyl (C=O) groups is 1. The number of allylic oxidation sites excluding steroid dienone is 2. The van der Waals surface area contributed by atoms with Gasteiger partial charge in [-0.25, -0.2) is 0 Å². The van der Waals surface area contributed by atoms with E-state index in [4.69, 9.17) is 0 Å². The van der Waals surface area contributed by atoms with Gasteiger partial charge in [0.15, 0.2) is 0 Å². The zero-order valence-electron chi connectivity index (χ0n) is 7.55. The molecule has 0 radical (unpaired) electrons. The van der Waals surface area contributed by atoms with Gasteiger partial charge in [-0.3, -0.25) is 0 Å². The van der Waals surface area contributed by atoms with Crippen LogP contribution in [0.3, 0.4) is 0 Å². The molecule has 0 aliphatic rings. The lowest BCUT2D eigenvalue weighted by atomic mass is 10.0. The molecule has 0 rings (SSSR count). The number of hydrogen-bond acceptors (Lipinski definition) is 1. The Hall–Kier alpha value is -0.590. The standard InChI is InChI=1S/C10H18O/c1-3-4-5-7-10(2)8-6-9-11/h3-4,9-10H,5-8H2,1-2H3/b4-3-. The highest BCUT2D eigenvalue weighted by Gasteiger charge is 1.98. The summed E-state index contributed by atoms with van der Waals surface area (Å²) in [6.45, 7) is 4.24. The van der Waals surface area contributed by atoms with Crippen LogP contribution in [0.15, 0.2) is 12.2 Å². The third-order valence-corrected chi connectivity index (χ3v) is 1.84. The van der Waals surface area contributed by atoms with E-state index in [0.29, 0.717) is 5.92 Å². The second-order valence-electron chi connectivity index (χ2n) is 3.00. The summed E-state index contributed by atoms with van der Waals surface area (Å²) in [5, 5.41) is 0. The maximum Gasteiger partial charge on any atom is 0.120 e. The smallest absolute Gasteiger partial charge is 0.120 e. The molecule has 11 heavy (non-hydrogen) atoms. The molecule has 64 valence electrons. The van der Waals surface area contributed by atoms with Gasteiger partial charge < -0.3 is 4.79 Å². The van der Waals surface area contributed by atoms with Crippen molar-refractivity contribution < 1.29 is 4.79 Å². The molecule has 0 amide bonds. The molecule has 0 heterocycles. The maximum absolute atomic E-state index is 10.0. The van der Waals surface area contributed by atoms with Crippen molar-refractivity contribution in [3.63, 3.8) is 0 Å². The monoisotopic (exact) mass is 154 g/mol. The SMILES string of the molecule is C/C=C\CCC(C)CCC=O. The first-order chi connectivity index (χ1) is 5.31. The number of aldehydes is 1. The van der Waals surface area contributed by atoms with Crippen LogP contribution in [0.25, 0.3) is 0 Å². The van der Waals surface area contributed by atoms with Crippen molar-refractivity contribution in [2.45, 2.75) is 39.5 Å². The van der Waals surface area contributed by atoms with Crippen molar-refractivity contribution >= 4 is 6.29 Å². The summed E-state index contributed by atoms with van der Waals surface area (Å²) >= 11 is 0. The predicted molar refractivity (Wildman–Crippen MR) is 48.5 cm³/mol. The van der Waals surface area contributed by atoms with Gasteiger partial charge in [-0.2, -0.15) is 0 Å². The quantitative estimate of drug-likeness (QED) is 0.424. The lowest BCUT2D eigenvalue weighted by Gasteiger charge is -2.05. The molecule has 0 aromatic carbocycles. The minimum Gasteiger partial charge on any atom is -0.303 e. The van der Waals surface area contributed by atoms with Crippen molar-refractivity contribution in [1.29, 1.82) is 0 Å². The van der Waals surface area contributed by atoms with Crippen LogP contribution >= 0.6 is 0 Å². The van der Waals surface area contributed by atoms with Crippen LogP contribution in [-0.4, -0.2) is 6.29 Å². The van der Waals surface area contributed by atoms with E-state index in [1.54, 1.807) is 0 Å². The molecule has 0 aliphatic heterocycles. The Morgan fingerprint density at radius 3 is 2.45 bits per heavy atom. The van der Waals surface area contributed by atoms with Crippen LogP contribution in [0.2, 0.25) is 0 Å². The second kappa shape index (κ2) is 7.52. The average molecular weight is 154 g/mol. The minimum atomic E-state index is 0.691. The third-order valence-electron chi connectivity index (χ3n) is 1.84. The average Bonchev–Trinajstić information content (AvgIpc) is 2.01. The lowest BCUT2D eigenvalue weighted by Crippen LogP contribution is -1.93. The van der Waals surface area contributed by atoms with Crippen LogP contribution in [0.5, 0.6) is 0 Å². The molecule has 0 N–H and O–H groups in total. The number of rotatable bonds is 6. The third kappa shape index (κ3) is 7.31. The minimum absolute atomic E-state index is 0.691. The van der Waals surface area contributed by atoms with E-state index in [0.717, 1.165) is 25.5 Å². The van der Waals surface area contributed by atoms with E-state index in [2.05, 4.69) is 19.1 Å². The fourth-order valence-corrected chi connectivity index (χ4v) is 1.04. The number of carbonyl (C=O) groups excluding carboxylic acids is 1. The molecule has 0 spiro atoms. The van der Waals surface area contributed by atoms with Gasteiger partial charge in [0.05, 0.1) is 0 Å². The van der Waals surface area contributed by atoms with Crippen molar-refractivity contribution in [3.05, 3.63) is 12.2 Å². The molecule has 0 bridgehead atoms. The van der Waals surface area contributed by atoms with Crippen LogP contribution < -0.4 is 0 Å². The largest absolute Gasteiger partial charge is 0.303 e. The van der Waals surface area contributed by atoms with Crippen molar-refractivity contribution in [2.24, 2.45) is 5.92 Å². The second-order valence-corrected chi connectivity index (χ2v) is 3.00. The molecule has 0 saturated carbocycles. The molecule has 1 unspecified atom stereocenters. The van der Waals surface area contributed by atoms with Gasteiger partial charge in [-0.05, 0) is 32.1 Å². The summed E-state index contributed by atoms with van der Waals surface area (Å²) in [6, 6.07) is 0. The zero-order valence-corrected chi connectivity index (χ0v) is 7.55. The summed E-state index contributed by atoms with van der Waals surface area (Å²) in [5.41, 5.74) is 0. The topological polar surface area (TPSA) is 17.1 Å². The first kappa shape index (κ1) is 10.4. The fourth-order valence-electron chi connectivity index (χ4n) is 1.04. The van der Waals surface area contributed by atoms with Crippen molar-refractivity contribution in [2.75, 3.05) is 0 Å². The van der Waals surface area contributed by atoms with E-state index in [-0.39, 0.29) is 0 Å².